The number of nitrogens with one attached hydrogen (secondary N) is 3. The molecule has 0 saturated carbocycles. The first-order valence-corrected chi connectivity index (χ1v) is 6.85. The molecular weight excluding hydrogens is 290 g/mol. The number of aliphatic carboxylic acids is 1. The van der Waals surface area contributed by atoms with Gasteiger partial charge in [0.05, 0.1) is 12.9 Å². The van der Waals surface area contributed by atoms with Crippen molar-refractivity contribution in [1.29, 1.82) is 0 Å². The van der Waals surface area contributed by atoms with E-state index in [0.717, 1.165) is 0 Å². The molecule has 2 atom stereocenters. The molecule has 1 aromatic rings. The van der Waals surface area contributed by atoms with E-state index in [0.29, 0.717) is 5.69 Å². The first-order valence-electron chi connectivity index (χ1n) is 6.85. The quantitative estimate of drug-likeness (QED) is 0.399. The molecular formula is C13H21N5O4. The van der Waals surface area contributed by atoms with Crippen LogP contribution in [0.15, 0.2) is 12.5 Å². The van der Waals surface area contributed by atoms with Crippen molar-refractivity contribution in [2.24, 2.45) is 11.7 Å². The molecule has 0 saturated heterocycles. The Morgan fingerprint density at radius 1 is 1.36 bits per heavy atom. The summed E-state index contributed by atoms with van der Waals surface area (Å²) >= 11 is 0. The number of carbonyl (C=O) groups is 3. The fourth-order valence-electron chi connectivity index (χ4n) is 1.85. The summed E-state index contributed by atoms with van der Waals surface area (Å²) in [6.45, 7) is 3.10. The van der Waals surface area contributed by atoms with Gasteiger partial charge in [-0.15, -0.1) is 0 Å². The van der Waals surface area contributed by atoms with Crippen molar-refractivity contribution in [2.45, 2.75) is 32.4 Å². The first-order chi connectivity index (χ1) is 10.3. The van der Waals surface area contributed by atoms with Gasteiger partial charge in [0.1, 0.15) is 12.1 Å². The van der Waals surface area contributed by atoms with E-state index in [-0.39, 0.29) is 18.9 Å². The Labute approximate surface area is 127 Å². The topological polar surface area (TPSA) is 150 Å². The van der Waals surface area contributed by atoms with Crippen LogP contribution < -0.4 is 16.4 Å². The lowest BCUT2D eigenvalue weighted by Gasteiger charge is -2.22. The number of carboxylic acid groups (broad SMARTS) is 1. The van der Waals surface area contributed by atoms with E-state index in [1.54, 1.807) is 13.8 Å². The summed E-state index contributed by atoms with van der Waals surface area (Å²) in [6, 6.07) is -1.97. The van der Waals surface area contributed by atoms with Crippen molar-refractivity contribution in [3.63, 3.8) is 0 Å². The lowest BCUT2D eigenvalue weighted by molar-refractivity contribution is -0.143. The first kappa shape index (κ1) is 17.6. The highest BCUT2D eigenvalue weighted by molar-refractivity contribution is 5.91. The molecule has 122 valence electrons. The summed E-state index contributed by atoms with van der Waals surface area (Å²) in [5, 5.41) is 14.0. The van der Waals surface area contributed by atoms with Gasteiger partial charge in [-0.05, 0) is 5.92 Å². The minimum absolute atomic E-state index is 0.155. The number of carbonyl (C=O) groups excluding carboxylic acids is 2. The summed E-state index contributed by atoms with van der Waals surface area (Å²) in [5.41, 5.74) is 5.87. The Bertz CT molecular complexity index is 515. The van der Waals surface area contributed by atoms with Gasteiger partial charge < -0.3 is 26.5 Å². The van der Waals surface area contributed by atoms with Crippen LogP contribution in [0.1, 0.15) is 19.5 Å². The van der Waals surface area contributed by atoms with Gasteiger partial charge in [-0.3, -0.25) is 9.59 Å². The molecule has 0 unspecified atom stereocenters. The number of amides is 2. The van der Waals surface area contributed by atoms with Crippen LogP contribution in [0.3, 0.4) is 0 Å². The number of aromatic nitrogens is 2. The monoisotopic (exact) mass is 311 g/mol. The number of rotatable bonds is 8. The highest BCUT2D eigenvalue weighted by Gasteiger charge is 2.28. The Morgan fingerprint density at radius 2 is 2.05 bits per heavy atom. The third kappa shape index (κ3) is 5.17. The Morgan fingerprint density at radius 3 is 2.50 bits per heavy atom. The van der Waals surface area contributed by atoms with E-state index in [1.807, 2.05) is 0 Å². The zero-order valence-corrected chi connectivity index (χ0v) is 12.5. The van der Waals surface area contributed by atoms with Crippen LogP contribution in [-0.2, 0) is 20.8 Å². The van der Waals surface area contributed by atoms with Gasteiger partial charge in [0.15, 0.2) is 0 Å². The molecule has 2 amide bonds. The molecule has 0 aromatic carbocycles. The van der Waals surface area contributed by atoms with E-state index in [1.165, 1.54) is 12.5 Å². The summed E-state index contributed by atoms with van der Waals surface area (Å²) in [6.07, 6.45) is 3.12. The van der Waals surface area contributed by atoms with Crippen LogP contribution in [0.5, 0.6) is 0 Å². The SMILES string of the molecule is CC(C)[C@H](NC(=O)[C@H](Cc1cnc[nH]1)NC(=O)CN)C(=O)O. The third-order valence-corrected chi connectivity index (χ3v) is 3.05. The normalized spacial score (nSPS) is 13.5. The number of imidazole rings is 1. The van der Waals surface area contributed by atoms with E-state index >= 15 is 0 Å². The minimum Gasteiger partial charge on any atom is -0.480 e. The molecule has 1 rings (SSSR count). The van der Waals surface area contributed by atoms with Gasteiger partial charge in [-0.25, -0.2) is 9.78 Å². The maximum absolute atomic E-state index is 12.3. The second-order valence-corrected chi connectivity index (χ2v) is 5.17. The summed E-state index contributed by atoms with van der Waals surface area (Å²) in [7, 11) is 0. The second kappa shape index (κ2) is 8.13. The fourth-order valence-corrected chi connectivity index (χ4v) is 1.85. The van der Waals surface area contributed by atoms with Crippen molar-refractivity contribution in [3.8, 4) is 0 Å². The Kier molecular flexibility index (Phi) is 6.51. The maximum atomic E-state index is 12.3. The van der Waals surface area contributed by atoms with Gasteiger partial charge in [-0.2, -0.15) is 0 Å². The summed E-state index contributed by atoms with van der Waals surface area (Å²) in [5.74, 6) is -2.51. The van der Waals surface area contributed by atoms with E-state index < -0.39 is 29.9 Å². The van der Waals surface area contributed by atoms with Crippen LogP contribution in [0.2, 0.25) is 0 Å². The highest BCUT2D eigenvalue weighted by atomic mass is 16.4. The van der Waals surface area contributed by atoms with Gasteiger partial charge in [0.2, 0.25) is 11.8 Å². The average molecular weight is 311 g/mol. The van der Waals surface area contributed by atoms with Gasteiger partial charge >= 0.3 is 5.97 Å². The van der Waals surface area contributed by atoms with Crippen molar-refractivity contribution < 1.29 is 19.5 Å². The van der Waals surface area contributed by atoms with Crippen molar-refractivity contribution in [1.82, 2.24) is 20.6 Å². The number of nitrogens with zero attached hydrogens (tertiary/aromatic N) is 1. The standard InChI is InChI=1S/C13H21N5O4/c1-7(2)11(13(21)22)18-12(20)9(17-10(19)4-14)3-8-5-15-6-16-8/h5-7,9,11H,3-4,14H2,1-2H3,(H,15,16)(H,17,19)(H,18,20)(H,21,22)/t9-,11-/m0/s1. The molecule has 6 N–H and O–H groups in total. The lowest BCUT2D eigenvalue weighted by atomic mass is 10.0. The number of nitrogens with two attached hydrogens (primary N) is 1. The maximum Gasteiger partial charge on any atom is 0.326 e. The molecule has 0 bridgehead atoms. The second-order valence-electron chi connectivity index (χ2n) is 5.17. The molecule has 0 aliphatic rings. The van der Waals surface area contributed by atoms with Crippen molar-refractivity contribution in [3.05, 3.63) is 18.2 Å². The Balaban J connectivity index is 2.82. The van der Waals surface area contributed by atoms with E-state index in [9.17, 15) is 14.4 Å². The molecule has 0 aliphatic carbocycles. The Hall–Kier alpha value is -2.42. The molecule has 22 heavy (non-hydrogen) atoms. The van der Waals surface area contributed by atoms with E-state index in [2.05, 4.69) is 20.6 Å². The molecule has 0 aliphatic heterocycles. The summed E-state index contributed by atoms with van der Waals surface area (Å²) < 4.78 is 0. The number of carboxylic acids is 1. The molecule has 1 aromatic heterocycles. The smallest absolute Gasteiger partial charge is 0.326 e. The van der Waals surface area contributed by atoms with E-state index in [4.69, 9.17) is 10.8 Å². The van der Waals surface area contributed by atoms with Crippen LogP contribution in [-0.4, -0.2) is 51.5 Å². The lowest BCUT2D eigenvalue weighted by Crippen LogP contribution is -2.54. The predicted octanol–water partition coefficient (Wildman–Crippen LogP) is -1.38. The minimum atomic E-state index is -1.13. The van der Waals surface area contributed by atoms with Crippen LogP contribution >= 0.6 is 0 Å². The van der Waals surface area contributed by atoms with Gasteiger partial charge in [0.25, 0.3) is 0 Å². The zero-order chi connectivity index (χ0) is 16.7. The predicted molar refractivity (Wildman–Crippen MR) is 77.7 cm³/mol. The molecule has 0 fully saturated rings. The largest absolute Gasteiger partial charge is 0.480 e. The number of hydrogen-bond acceptors (Lipinski definition) is 5. The molecule has 1 heterocycles. The fraction of sp³-hybridized carbons (Fsp3) is 0.538. The van der Waals surface area contributed by atoms with Crippen LogP contribution in [0.25, 0.3) is 0 Å². The van der Waals surface area contributed by atoms with Crippen LogP contribution in [0.4, 0.5) is 0 Å². The molecule has 9 heteroatoms. The van der Waals surface area contributed by atoms with Crippen LogP contribution in [0, 0.1) is 5.92 Å². The highest BCUT2D eigenvalue weighted by Crippen LogP contribution is 2.04. The third-order valence-electron chi connectivity index (χ3n) is 3.05. The molecule has 0 radical (unpaired) electrons. The molecule has 0 spiro atoms. The average Bonchev–Trinajstić information content (AvgIpc) is 2.95. The van der Waals surface area contributed by atoms with Gasteiger partial charge in [-0.1, -0.05) is 13.8 Å². The van der Waals surface area contributed by atoms with Crippen molar-refractivity contribution >= 4 is 17.8 Å². The molecule has 9 nitrogen and oxygen atoms in total. The number of aromatic amines is 1. The van der Waals surface area contributed by atoms with Gasteiger partial charge in [0, 0.05) is 18.3 Å². The number of hydrogen-bond donors (Lipinski definition) is 5. The number of H-pyrrole nitrogens is 1. The summed E-state index contributed by atoms with van der Waals surface area (Å²) in [4.78, 5) is 41.5. The zero-order valence-electron chi connectivity index (χ0n) is 12.5. The van der Waals surface area contributed by atoms with Crippen molar-refractivity contribution in [2.75, 3.05) is 6.54 Å².